The molecule has 94 valence electrons. The number of pyridine rings is 1. The van der Waals surface area contributed by atoms with Crippen molar-refractivity contribution in [1.82, 2.24) is 10.3 Å². The largest absolute Gasteiger partial charge is 0.473 e. The Bertz CT molecular complexity index is 380. The van der Waals surface area contributed by atoms with Gasteiger partial charge in [0, 0.05) is 18.0 Å². The van der Waals surface area contributed by atoms with Gasteiger partial charge in [-0.15, -0.1) is 0 Å². The molecule has 0 aliphatic carbocycles. The first-order valence-corrected chi connectivity index (χ1v) is 5.87. The van der Waals surface area contributed by atoms with E-state index in [0.29, 0.717) is 12.5 Å². The molecular weight excluding hydrogens is 212 g/mol. The van der Waals surface area contributed by atoms with E-state index < -0.39 is 0 Å². The summed E-state index contributed by atoms with van der Waals surface area (Å²) in [6.07, 6.45) is 1.73. The van der Waals surface area contributed by atoms with Gasteiger partial charge in [0.2, 0.25) is 5.88 Å². The van der Waals surface area contributed by atoms with Crippen LogP contribution in [0, 0.1) is 0 Å². The molecule has 0 spiro atoms. The van der Waals surface area contributed by atoms with E-state index in [1.807, 2.05) is 13.1 Å². The summed E-state index contributed by atoms with van der Waals surface area (Å²) in [5.41, 5.74) is 2.26. The Morgan fingerprint density at radius 2 is 2.12 bits per heavy atom. The zero-order chi connectivity index (χ0) is 12.9. The standard InChI is InChI=1S/C14H22N2O/c1-6-7-17-13-9-11(10-15-5)8-12(16-13)14(2,3)4/h6,8-9,15H,1,7,10H2,2-5H3. The fraction of sp³-hybridized carbons (Fsp3) is 0.500. The van der Waals surface area contributed by atoms with Crippen LogP contribution in [0.1, 0.15) is 32.0 Å². The summed E-state index contributed by atoms with van der Waals surface area (Å²) < 4.78 is 5.52. The molecule has 1 heterocycles. The van der Waals surface area contributed by atoms with Gasteiger partial charge in [-0.3, -0.25) is 0 Å². The summed E-state index contributed by atoms with van der Waals surface area (Å²) in [6.45, 7) is 11.4. The molecule has 0 aromatic carbocycles. The van der Waals surface area contributed by atoms with Crippen molar-refractivity contribution >= 4 is 0 Å². The molecule has 1 aromatic rings. The highest BCUT2D eigenvalue weighted by atomic mass is 16.5. The minimum Gasteiger partial charge on any atom is -0.473 e. The molecule has 0 radical (unpaired) electrons. The van der Waals surface area contributed by atoms with Gasteiger partial charge in [-0.25, -0.2) is 4.98 Å². The number of nitrogens with one attached hydrogen (secondary N) is 1. The van der Waals surface area contributed by atoms with E-state index in [4.69, 9.17) is 4.74 Å². The maximum atomic E-state index is 5.52. The molecule has 0 aliphatic heterocycles. The second kappa shape index (κ2) is 5.82. The van der Waals surface area contributed by atoms with E-state index in [9.17, 15) is 0 Å². The predicted octanol–water partition coefficient (Wildman–Crippen LogP) is 2.66. The van der Waals surface area contributed by atoms with Crippen LogP contribution in [0.3, 0.4) is 0 Å². The smallest absolute Gasteiger partial charge is 0.214 e. The summed E-state index contributed by atoms with van der Waals surface area (Å²) in [6, 6.07) is 4.09. The number of hydrogen-bond acceptors (Lipinski definition) is 3. The van der Waals surface area contributed by atoms with Crippen LogP contribution in [0.2, 0.25) is 0 Å². The number of rotatable bonds is 5. The first-order valence-electron chi connectivity index (χ1n) is 5.87. The molecule has 1 aromatic heterocycles. The van der Waals surface area contributed by atoms with Crippen LogP contribution in [0.5, 0.6) is 5.88 Å². The third kappa shape index (κ3) is 4.19. The Hall–Kier alpha value is -1.35. The van der Waals surface area contributed by atoms with Gasteiger partial charge in [-0.2, -0.15) is 0 Å². The van der Waals surface area contributed by atoms with Gasteiger partial charge in [0.1, 0.15) is 6.61 Å². The predicted molar refractivity (Wildman–Crippen MR) is 71.4 cm³/mol. The van der Waals surface area contributed by atoms with Crippen molar-refractivity contribution in [3.05, 3.63) is 36.0 Å². The number of nitrogens with zero attached hydrogens (tertiary/aromatic N) is 1. The average molecular weight is 234 g/mol. The first-order chi connectivity index (χ1) is 7.97. The van der Waals surface area contributed by atoms with Gasteiger partial charge < -0.3 is 10.1 Å². The lowest BCUT2D eigenvalue weighted by Crippen LogP contribution is -2.16. The lowest BCUT2D eigenvalue weighted by Gasteiger charge is -2.19. The molecule has 3 nitrogen and oxygen atoms in total. The fourth-order valence-corrected chi connectivity index (χ4v) is 1.47. The highest BCUT2D eigenvalue weighted by molar-refractivity contribution is 5.28. The van der Waals surface area contributed by atoms with Crippen LogP contribution in [0.25, 0.3) is 0 Å². The van der Waals surface area contributed by atoms with Crippen LogP contribution >= 0.6 is 0 Å². The molecule has 0 aliphatic rings. The molecule has 1 rings (SSSR count). The monoisotopic (exact) mass is 234 g/mol. The fourth-order valence-electron chi connectivity index (χ4n) is 1.47. The molecule has 0 amide bonds. The minimum atomic E-state index is 0.0238. The molecule has 0 fully saturated rings. The quantitative estimate of drug-likeness (QED) is 0.795. The van der Waals surface area contributed by atoms with E-state index in [1.165, 1.54) is 5.56 Å². The molecule has 17 heavy (non-hydrogen) atoms. The van der Waals surface area contributed by atoms with Crippen molar-refractivity contribution in [3.63, 3.8) is 0 Å². The summed E-state index contributed by atoms with van der Waals surface area (Å²) in [7, 11) is 1.93. The summed E-state index contributed by atoms with van der Waals surface area (Å²) in [5.74, 6) is 0.669. The summed E-state index contributed by atoms with van der Waals surface area (Å²) >= 11 is 0. The van der Waals surface area contributed by atoms with Crippen molar-refractivity contribution < 1.29 is 4.74 Å². The molecule has 3 heteroatoms. The second-order valence-electron chi connectivity index (χ2n) is 5.08. The Balaban J connectivity index is 3.04. The molecule has 0 unspecified atom stereocenters. The Kier molecular flexibility index (Phi) is 4.70. The van der Waals surface area contributed by atoms with Crippen LogP contribution in [-0.4, -0.2) is 18.6 Å². The molecule has 0 bridgehead atoms. The average Bonchev–Trinajstić information content (AvgIpc) is 2.25. The molecular formula is C14H22N2O. The Labute approximate surface area is 104 Å². The minimum absolute atomic E-state index is 0.0238. The second-order valence-corrected chi connectivity index (χ2v) is 5.08. The van der Waals surface area contributed by atoms with Crippen molar-refractivity contribution in [3.8, 4) is 5.88 Å². The molecule has 1 N–H and O–H groups in total. The maximum Gasteiger partial charge on any atom is 0.214 e. The van der Waals surface area contributed by atoms with Crippen LogP contribution < -0.4 is 10.1 Å². The normalized spacial score (nSPS) is 11.3. The lowest BCUT2D eigenvalue weighted by atomic mass is 9.91. The van der Waals surface area contributed by atoms with Crippen LogP contribution in [-0.2, 0) is 12.0 Å². The molecule has 0 atom stereocenters. The summed E-state index contributed by atoms with van der Waals surface area (Å²) in [5, 5.41) is 3.14. The van der Waals surface area contributed by atoms with Gasteiger partial charge >= 0.3 is 0 Å². The van der Waals surface area contributed by atoms with Crippen molar-refractivity contribution in [2.24, 2.45) is 0 Å². The zero-order valence-electron chi connectivity index (χ0n) is 11.2. The molecule has 0 saturated carbocycles. The highest BCUT2D eigenvalue weighted by Crippen LogP contribution is 2.24. The SMILES string of the molecule is C=CCOc1cc(CNC)cc(C(C)(C)C)n1. The number of ether oxygens (including phenoxy) is 1. The zero-order valence-corrected chi connectivity index (χ0v) is 11.2. The van der Waals surface area contributed by atoms with E-state index in [0.717, 1.165) is 12.2 Å². The van der Waals surface area contributed by atoms with Crippen LogP contribution in [0.15, 0.2) is 24.8 Å². The van der Waals surface area contributed by atoms with Crippen molar-refractivity contribution in [1.29, 1.82) is 0 Å². The van der Waals surface area contributed by atoms with Crippen molar-refractivity contribution in [2.75, 3.05) is 13.7 Å². The van der Waals surface area contributed by atoms with Gasteiger partial charge in [0.15, 0.2) is 0 Å². The van der Waals surface area contributed by atoms with Crippen molar-refractivity contribution in [2.45, 2.75) is 32.7 Å². The first kappa shape index (κ1) is 13.7. The maximum absolute atomic E-state index is 5.52. The lowest BCUT2D eigenvalue weighted by molar-refractivity contribution is 0.344. The van der Waals surface area contributed by atoms with Gasteiger partial charge in [-0.1, -0.05) is 33.4 Å². The number of hydrogen-bond donors (Lipinski definition) is 1. The van der Waals surface area contributed by atoms with Gasteiger partial charge in [0.05, 0.1) is 5.69 Å². The third-order valence-electron chi connectivity index (χ3n) is 2.36. The van der Waals surface area contributed by atoms with E-state index in [-0.39, 0.29) is 5.41 Å². The summed E-state index contributed by atoms with van der Waals surface area (Å²) in [4.78, 5) is 4.53. The third-order valence-corrected chi connectivity index (χ3v) is 2.36. The highest BCUT2D eigenvalue weighted by Gasteiger charge is 2.17. The Morgan fingerprint density at radius 3 is 2.65 bits per heavy atom. The van der Waals surface area contributed by atoms with Gasteiger partial charge in [-0.05, 0) is 18.7 Å². The van der Waals surface area contributed by atoms with Crippen LogP contribution in [0.4, 0.5) is 0 Å². The van der Waals surface area contributed by atoms with E-state index in [1.54, 1.807) is 6.08 Å². The number of aromatic nitrogens is 1. The van der Waals surface area contributed by atoms with E-state index >= 15 is 0 Å². The van der Waals surface area contributed by atoms with Gasteiger partial charge in [0.25, 0.3) is 0 Å². The molecule has 0 saturated heterocycles. The Morgan fingerprint density at radius 1 is 1.41 bits per heavy atom. The topological polar surface area (TPSA) is 34.1 Å². The van der Waals surface area contributed by atoms with E-state index in [2.05, 4.69) is 43.7 Å².